The molecule has 9 N–H and O–H groups in total. The number of carboxylic acid groups (broad SMARTS) is 1. The summed E-state index contributed by atoms with van der Waals surface area (Å²) in [7, 11) is 0. The van der Waals surface area contributed by atoms with Crippen LogP contribution in [-0.4, -0.2) is 128 Å². The lowest BCUT2D eigenvalue weighted by Gasteiger charge is -2.46. The van der Waals surface area contributed by atoms with Crippen molar-refractivity contribution in [1.82, 2.24) is 5.32 Å². The third kappa shape index (κ3) is 4.90. The molecule has 0 aromatic rings. The Hall–Kier alpha value is -0.970. The molecule has 2 aliphatic heterocycles. The monoisotopic (exact) mass is 399 g/mol. The summed E-state index contributed by atoms with van der Waals surface area (Å²) in [5, 5.41) is 80.3. The van der Waals surface area contributed by atoms with Crippen LogP contribution in [0.4, 0.5) is 0 Å². The number of aliphatic hydroxyl groups is 7. The predicted molar refractivity (Wildman–Crippen MR) is 82.1 cm³/mol. The molecule has 2 heterocycles. The van der Waals surface area contributed by atoms with Gasteiger partial charge in [-0.2, -0.15) is 0 Å². The summed E-state index contributed by atoms with van der Waals surface area (Å²) in [5.41, 5.74) is 0. The maximum atomic E-state index is 10.5. The summed E-state index contributed by atoms with van der Waals surface area (Å²) in [6.07, 6.45) is -13.0. The molecular formula is C14H25NO12. The maximum absolute atomic E-state index is 10.5. The molecule has 2 aliphatic rings. The van der Waals surface area contributed by atoms with Gasteiger partial charge in [0.05, 0.1) is 26.3 Å². The van der Waals surface area contributed by atoms with Gasteiger partial charge in [-0.15, -0.1) is 0 Å². The van der Waals surface area contributed by atoms with E-state index in [4.69, 9.17) is 24.4 Å². The molecule has 0 saturated carbocycles. The zero-order valence-electron chi connectivity index (χ0n) is 14.2. The Morgan fingerprint density at radius 3 is 2.41 bits per heavy atom. The summed E-state index contributed by atoms with van der Waals surface area (Å²) in [4.78, 5) is 10.5. The van der Waals surface area contributed by atoms with E-state index in [1.165, 1.54) is 0 Å². The van der Waals surface area contributed by atoms with Gasteiger partial charge in [0.15, 0.2) is 6.29 Å². The normalized spacial score (nSPS) is 45.6. The highest BCUT2D eigenvalue weighted by Gasteiger charge is 2.52. The molecule has 0 aromatic heterocycles. The van der Waals surface area contributed by atoms with Gasteiger partial charge in [0, 0.05) is 0 Å². The molecule has 27 heavy (non-hydrogen) atoms. The van der Waals surface area contributed by atoms with Crippen LogP contribution in [0.2, 0.25) is 0 Å². The Morgan fingerprint density at radius 2 is 1.81 bits per heavy atom. The Labute approximate surface area is 153 Å². The third-order valence-corrected chi connectivity index (χ3v) is 4.45. The molecular weight excluding hydrogens is 374 g/mol. The molecule has 0 spiro atoms. The molecule has 0 bridgehead atoms. The SMILES string of the molecule is O=C(O)CNC[C@@]1(O)OC[C@@H](O)[C@@H](O[C@H]2O[C@H](CO)[C@@H](O)[C@H](O)[C@H]2O)[C@@H]1O. The second-order valence-electron chi connectivity index (χ2n) is 6.46. The van der Waals surface area contributed by atoms with E-state index < -0.39 is 87.1 Å². The summed E-state index contributed by atoms with van der Waals surface area (Å²) in [6, 6.07) is 0. The van der Waals surface area contributed by atoms with Crippen molar-refractivity contribution in [2.75, 3.05) is 26.3 Å². The van der Waals surface area contributed by atoms with Gasteiger partial charge in [-0.25, -0.2) is 0 Å². The average Bonchev–Trinajstić information content (AvgIpc) is 2.62. The predicted octanol–water partition coefficient (Wildman–Crippen LogP) is -5.71. The minimum absolute atomic E-state index is 0.496. The van der Waals surface area contributed by atoms with Gasteiger partial charge >= 0.3 is 5.97 Å². The van der Waals surface area contributed by atoms with Crippen LogP contribution in [0.5, 0.6) is 0 Å². The van der Waals surface area contributed by atoms with E-state index in [1.54, 1.807) is 0 Å². The van der Waals surface area contributed by atoms with Gasteiger partial charge in [-0.1, -0.05) is 0 Å². The summed E-state index contributed by atoms with van der Waals surface area (Å²) in [5.74, 6) is -3.52. The van der Waals surface area contributed by atoms with Gasteiger partial charge in [0.2, 0.25) is 5.79 Å². The van der Waals surface area contributed by atoms with Gasteiger partial charge in [-0.05, 0) is 0 Å². The van der Waals surface area contributed by atoms with Crippen LogP contribution in [0, 0.1) is 0 Å². The number of aliphatic carboxylic acids is 1. The first-order chi connectivity index (χ1) is 12.6. The van der Waals surface area contributed by atoms with Crippen molar-refractivity contribution in [3.8, 4) is 0 Å². The highest BCUT2D eigenvalue weighted by molar-refractivity contribution is 5.68. The highest BCUT2D eigenvalue weighted by atomic mass is 16.7. The largest absolute Gasteiger partial charge is 0.480 e. The minimum Gasteiger partial charge on any atom is -0.480 e. The van der Waals surface area contributed by atoms with Crippen molar-refractivity contribution < 1.29 is 59.9 Å². The second-order valence-corrected chi connectivity index (χ2v) is 6.46. The van der Waals surface area contributed by atoms with Crippen LogP contribution in [0.1, 0.15) is 0 Å². The van der Waals surface area contributed by atoms with Crippen molar-refractivity contribution in [3.63, 3.8) is 0 Å². The van der Waals surface area contributed by atoms with Crippen molar-refractivity contribution in [2.45, 2.75) is 54.8 Å². The quantitative estimate of drug-likeness (QED) is 0.195. The number of nitrogens with one attached hydrogen (secondary N) is 1. The minimum atomic E-state index is -2.31. The van der Waals surface area contributed by atoms with E-state index in [0.29, 0.717) is 0 Å². The van der Waals surface area contributed by atoms with Crippen molar-refractivity contribution in [3.05, 3.63) is 0 Å². The molecule has 0 radical (unpaired) electrons. The van der Waals surface area contributed by atoms with Crippen molar-refractivity contribution >= 4 is 5.97 Å². The van der Waals surface area contributed by atoms with Gasteiger partial charge in [0.25, 0.3) is 0 Å². The van der Waals surface area contributed by atoms with Gasteiger partial charge in [0.1, 0.15) is 42.7 Å². The lowest BCUT2D eigenvalue weighted by atomic mass is 9.95. The molecule has 13 nitrogen and oxygen atoms in total. The van der Waals surface area contributed by atoms with Crippen LogP contribution in [0.25, 0.3) is 0 Å². The molecule has 9 atom stereocenters. The van der Waals surface area contributed by atoms with Crippen molar-refractivity contribution in [2.24, 2.45) is 0 Å². The second kappa shape index (κ2) is 9.02. The zero-order valence-corrected chi connectivity index (χ0v) is 14.2. The fraction of sp³-hybridized carbons (Fsp3) is 0.929. The molecule has 0 aliphatic carbocycles. The van der Waals surface area contributed by atoms with Crippen LogP contribution in [-0.2, 0) is 19.0 Å². The lowest BCUT2D eigenvalue weighted by molar-refractivity contribution is -0.367. The molecule has 0 unspecified atom stereocenters. The molecule has 0 amide bonds. The van der Waals surface area contributed by atoms with Crippen LogP contribution in [0.15, 0.2) is 0 Å². The Morgan fingerprint density at radius 1 is 1.15 bits per heavy atom. The van der Waals surface area contributed by atoms with E-state index in [9.17, 15) is 35.4 Å². The topological polar surface area (TPSA) is 219 Å². The molecule has 2 fully saturated rings. The fourth-order valence-electron chi connectivity index (χ4n) is 2.88. The van der Waals surface area contributed by atoms with E-state index in [1.807, 2.05) is 0 Å². The molecule has 2 saturated heterocycles. The van der Waals surface area contributed by atoms with E-state index in [-0.39, 0.29) is 0 Å². The Kier molecular flexibility index (Phi) is 7.46. The smallest absolute Gasteiger partial charge is 0.317 e. The highest BCUT2D eigenvalue weighted by Crippen LogP contribution is 2.30. The lowest BCUT2D eigenvalue weighted by Crippen LogP contribution is -2.67. The first-order valence-electron chi connectivity index (χ1n) is 8.21. The van der Waals surface area contributed by atoms with E-state index in [0.717, 1.165) is 0 Å². The summed E-state index contributed by atoms with van der Waals surface area (Å²) in [6.45, 7) is -2.24. The van der Waals surface area contributed by atoms with Crippen LogP contribution < -0.4 is 5.32 Å². The Balaban J connectivity index is 2.07. The first-order valence-corrected chi connectivity index (χ1v) is 8.21. The number of carbonyl (C=O) groups is 1. The number of hydrogen-bond donors (Lipinski definition) is 9. The fourth-order valence-corrected chi connectivity index (χ4v) is 2.88. The third-order valence-electron chi connectivity index (χ3n) is 4.45. The molecule has 0 aromatic carbocycles. The zero-order chi connectivity index (χ0) is 20.4. The molecule has 158 valence electrons. The standard InChI is InChI=1S/C14H25NO12/c16-2-6-8(20)9(21)10(22)13(26-6)27-11-5(17)3-25-14(24,12(11)23)4-15-1-7(18)19/h5-6,8-13,15-17,20-24H,1-4H2,(H,18,19)/t5-,6-,8-,9+,10-,11-,12+,13-,14-/m1/s1. The van der Waals surface area contributed by atoms with Gasteiger partial charge in [-0.3, -0.25) is 4.79 Å². The van der Waals surface area contributed by atoms with Crippen LogP contribution >= 0.6 is 0 Å². The summed E-state index contributed by atoms with van der Waals surface area (Å²) >= 11 is 0. The Bertz CT molecular complexity index is 506. The van der Waals surface area contributed by atoms with E-state index >= 15 is 0 Å². The van der Waals surface area contributed by atoms with Crippen molar-refractivity contribution in [1.29, 1.82) is 0 Å². The number of hydrogen-bond acceptors (Lipinski definition) is 12. The number of carboxylic acids is 1. The first kappa shape index (κ1) is 22.3. The number of aliphatic hydroxyl groups excluding tert-OH is 6. The van der Waals surface area contributed by atoms with E-state index in [2.05, 4.69) is 5.32 Å². The number of ether oxygens (including phenoxy) is 3. The average molecular weight is 399 g/mol. The number of rotatable bonds is 7. The maximum Gasteiger partial charge on any atom is 0.317 e. The molecule has 13 heteroatoms. The van der Waals surface area contributed by atoms with Gasteiger partial charge < -0.3 is 60.4 Å². The summed E-state index contributed by atoms with van der Waals surface area (Å²) < 4.78 is 15.4. The molecule has 2 rings (SSSR count). The van der Waals surface area contributed by atoms with Crippen LogP contribution in [0.3, 0.4) is 0 Å².